The molecule has 2 aromatic rings. The highest BCUT2D eigenvalue weighted by Gasteiger charge is 2.32. The summed E-state index contributed by atoms with van der Waals surface area (Å²) in [5, 5.41) is 2.80. The topological polar surface area (TPSA) is 50.7 Å². The lowest BCUT2D eigenvalue weighted by atomic mass is 10.3. The third-order valence-corrected chi connectivity index (χ3v) is 2.35. The molecule has 19 heavy (non-hydrogen) atoms. The second kappa shape index (κ2) is 5.21. The number of pyridine rings is 1. The highest BCUT2D eigenvalue weighted by Crippen LogP contribution is 2.28. The van der Waals surface area contributed by atoms with Gasteiger partial charge in [-0.3, -0.25) is 0 Å². The fraction of sp³-hybridized carbons (Fsp3) is 0.250. The Morgan fingerprint density at radius 3 is 2.68 bits per heavy atom. The van der Waals surface area contributed by atoms with Crippen molar-refractivity contribution in [3.05, 3.63) is 47.7 Å². The van der Waals surface area contributed by atoms with Gasteiger partial charge >= 0.3 is 6.18 Å². The molecule has 0 fully saturated rings. The number of anilines is 1. The molecular weight excluding hydrogens is 257 g/mol. The summed E-state index contributed by atoms with van der Waals surface area (Å²) < 4.78 is 37.4. The molecule has 0 aliphatic rings. The molecule has 2 aromatic heterocycles. The minimum absolute atomic E-state index is 0.158. The molecule has 0 amide bonds. The van der Waals surface area contributed by atoms with Crippen LogP contribution in [0.25, 0.3) is 0 Å². The molecule has 0 bridgehead atoms. The number of alkyl halides is 3. The van der Waals surface area contributed by atoms with E-state index >= 15 is 0 Å². The molecular formula is C12H11F3N4. The number of nitrogens with one attached hydrogen (secondary N) is 1. The third-order valence-electron chi connectivity index (χ3n) is 2.35. The van der Waals surface area contributed by atoms with Crippen LogP contribution in [0.15, 0.2) is 30.6 Å². The third kappa shape index (κ3) is 3.64. The number of hydrogen-bond donors (Lipinski definition) is 1. The number of rotatable bonds is 3. The molecule has 0 aliphatic heterocycles. The molecule has 0 radical (unpaired) electrons. The Balaban J connectivity index is 2.08. The van der Waals surface area contributed by atoms with E-state index in [1.54, 1.807) is 6.07 Å². The molecule has 2 heterocycles. The van der Waals surface area contributed by atoms with Crippen LogP contribution in [0.3, 0.4) is 0 Å². The Labute approximate surface area is 107 Å². The maximum atomic E-state index is 12.5. The Morgan fingerprint density at radius 1 is 1.21 bits per heavy atom. The number of aryl methyl sites for hydroxylation is 1. The van der Waals surface area contributed by atoms with E-state index in [1.807, 2.05) is 6.92 Å². The monoisotopic (exact) mass is 268 g/mol. The van der Waals surface area contributed by atoms with Crippen LogP contribution in [-0.2, 0) is 12.7 Å². The molecule has 1 N–H and O–H groups in total. The van der Waals surface area contributed by atoms with Gasteiger partial charge in [0.2, 0.25) is 0 Å². The van der Waals surface area contributed by atoms with Crippen LogP contribution in [0.1, 0.15) is 17.1 Å². The van der Waals surface area contributed by atoms with Crippen LogP contribution in [-0.4, -0.2) is 15.0 Å². The highest BCUT2D eigenvalue weighted by molar-refractivity contribution is 5.36. The van der Waals surface area contributed by atoms with Crippen molar-refractivity contribution in [3.8, 4) is 0 Å². The minimum Gasteiger partial charge on any atom is -0.364 e. The maximum Gasteiger partial charge on any atom is 0.433 e. The summed E-state index contributed by atoms with van der Waals surface area (Å²) in [6.07, 6.45) is -3.03. The summed E-state index contributed by atoms with van der Waals surface area (Å²) in [6, 6.07) is 5.47. The van der Waals surface area contributed by atoms with Gasteiger partial charge in [0.05, 0.1) is 12.2 Å². The molecule has 0 saturated heterocycles. The van der Waals surface area contributed by atoms with Gasteiger partial charge in [0.25, 0.3) is 0 Å². The summed E-state index contributed by atoms with van der Waals surface area (Å²) in [5.41, 5.74) is 0.562. The van der Waals surface area contributed by atoms with Crippen molar-refractivity contribution >= 4 is 5.82 Å². The minimum atomic E-state index is -4.44. The first-order valence-electron chi connectivity index (χ1n) is 5.51. The van der Waals surface area contributed by atoms with Crippen molar-refractivity contribution in [3.63, 3.8) is 0 Å². The van der Waals surface area contributed by atoms with Crippen LogP contribution < -0.4 is 5.32 Å². The number of nitrogens with zero attached hydrogens (tertiary/aromatic N) is 3. The molecule has 100 valence electrons. The standard InChI is InChI=1S/C12H11F3N4/c1-8-5-9(18-7-17-8)6-16-11-4-2-3-10(19-11)12(13,14)15/h2-5,7H,6H2,1H3,(H,16,19). The lowest BCUT2D eigenvalue weighted by Crippen LogP contribution is -2.10. The zero-order chi connectivity index (χ0) is 13.9. The summed E-state index contributed by atoms with van der Waals surface area (Å²) in [6.45, 7) is 2.10. The van der Waals surface area contributed by atoms with Crippen LogP contribution in [0.5, 0.6) is 0 Å². The van der Waals surface area contributed by atoms with E-state index in [9.17, 15) is 13.2 Å². The average Bonchev–Trinajstić information content (AvgIpc) is 2.36. The second-order valence-corrected chi connectivity index (χ2v) is 3.91. The van der Waals surface area contributed by atoms with E-state index in [2.05, 4.69) is 20.3 Å². The fourth-order valence-corrected chi connectivity index (χ4v) is 1.48. The zero-order valence-corrected chi connectivity index (χ0v) is 10.1. The van der Waals surface area contributed by atoms with E-state index in [0.717, 1.165) is 11.8 Å². The predicted molar refractivity (Wildman–Crippen MR) is 63.3 cm³/mol. The zero-order valence-electron chi connectivity index (χ0n) is 10.1. The van der Waals surface area contributed by atoms with Crippen molar-refractivity contribution in [2.75, 3.05) is 5.32 Å². The average molecular weight is 268 g/mol. The molecule has 4 nitrogen and oxygen atoms in total. The van der Waals surface area contributed by atoms with Gasteiger partial charge in [-0.25, -0.2) is 15.0 Å². The van der Waals surface area contributed by atoms with Gasteiger partial charge in [-0.2, -0.15) is 13.2 Å². The Morgan fingerprint density at radius 2 is 2.00 bits per heavy atom. The second-order valence-electron chi connectivity index (χ2n) is 3.91. The molecule has 2 rings (SSSR count). The van der Waals surface area contributed by atoms with Crippen LogP contribution >= 0.6 is 0 Å². The molecule has 0 aromatic carbocycles. The van der Waals surface area contributed by atoms with Crippen LogP contribution in [0.4, 0.5) is 19.0 Å². The molecule has 0 atom stereocenters. The highest BCUT2D eigenvalue weighted by atomic mass is 19.4. The SMILES string of the molecule is Cc1cc(CNc2cccc(C(F)(F)F)n2)ncn1. The van der Waals surface area contributed by atoms with E-state index in [1.165, 1.54) is 18.5 Å². The first-order chi connectivity index (χ1) is 8.95. The normalized spacial score (nSPS) is 11.4. The Bertz CT molecular complexity index is 569. The fourth-order valence-electron chi connectivity index (χ4n) is 1.48. The Hall–Kier alpha value is -2.18. The Kier molecular flexibility index (Phi) is 3.64. The van der Waals surface area contributed by atoms with E-state index in [-0.39, 0.29) is 12.4 Å². The van der Waals surface area contributed by atoms with Crippen LogP contribution in [0.2, 0.25) is 0 Å². The smallest absolute Gasteiger partial charge is 0.364 e. The quantitative estimate of drug-likeness (QED) is 0.930. The van der Waals surface area contributed by atoms with Gasteiger partial charge in [0.1, 0.15) is 17.8 Å². The first kappa shape index (κ1) is 13.3. The largest absolute Gasteiger partial charge is 0.433 e. The van der Waals surface area contributed by atoms with Crippen molar-refractivity contribution in [2.45, 2.75) is 19.6 Å². The molecule has 0 saturated carbocycles. The molecule has 7 heteroatoms. The predicted octanol–water partition coefficient (Wildman–Crippen LogP) is 2.81. The van der Waals surface area contributed by atoms with Gasteiger partial charge in [0.15, 0.2) is 0 Å². The maximum absolute atomic E-state index is 12.5. The van der Waals surface area contributed by atoms with Crippen molar-refractivity contribution in [1.29, 1.82) is 0 Å². The van der Waals surface area contributed by atoms with Gasteiger partial charge < -0.3 is 5.32 Å². The van der Waals surface area contributed by atoms with Crippen LogP contribution in [0, 0.1) is 6.92 Å². The first-order valence-corrected chi connectivity index (χ1v) is 5.51. The van der Waals surface area contributed by atoms with E-state index in [0.29, 0.717) is 5.69 Å². The van der Waals surface area contributed by atoms with Gasteiger partial charge in [-0.1, -0.05) is 6.07 Å². The summed E-state index contributed by atoms with van der Waals surface area (Å²) in [7, 11) is 0. The number of aromatic nitrogens is 3. The van der Waals surface area contributed by atoms with Crippen molar-refractivity contribution in [1.82, 2.24) is 15.0 Å². The molecule has 0 unspecified atom stereocenters. The van der Waals surface area contributed by atoms with Crippen molar-refractivity contribution in [2.24, 2.45) is 0 Å². The number of hydrogen-bond acceptors (Lipinski definition) is 4. The molecule has 0 spiro atoms. The lowest BCUT2D eigenvalue weighted by Gasteiger charge is -2.09. The summed E-state index contributed by atoms with van der Waals surface area (Å²) in [5.74, 6) is 0.158. The summed E-state index contributed by atoms with van der Waals surface area (Å²) in [4.78, 5) is 11.4. The molecule has 0 aliphatic carbocycles. The summed E-state index contributed by atoms with van der Waals surface area (Å²) >= 11 is 0. The van der Waals surface area contributed by atoms with Gasteiger partial charge in [-0.15, -0.1) is 0 Å². The number of halogens is 3. The van der Waals surface area contributed by atoms with Gasteiger partial charge in [0, 0.05) is 5.69 Å². The van der Waals surface area contributed by atoms with E-state index in [4.69, 9.17) is 0 Å². The van der Waals surface area contributed by atoms with Gasteiger partial charge in [-0.05, 0) is 25.1 Å². The van der Waals surface area contributed by atoms with Crippen molar-refractivity contribution < 1.29 is 13.2 Å². The lowest BCUT2D eigenvalue weighted by molar-refractivity contribution is -0.141. The van der Waals surface area contributed by atoms with E-state index < -0.39 is 11.9 Å².